The van der Waals surface area contributed by atoms with Crippen molar-refractivity contribution in [2.45, 2.75) is 38.3 Å². The Hall–Kier alpha value is -1.89. The van der Waals surface area contributed by atoms with Gasteiger partial charge in [-0.05, 0) is 19.3 Å². The van der Waals surface area contributed by atoms with Crippen LogP contribution in [0.5, 0.6) is 0 Å². The molecule has 0 spiro atoms. The molecule has 2 atom stereocenters. The zero-order valence-electron chi connectivity index (χ0n) is 11.6. The summed E-state index contributed by atoms with van der Waals surface area (Å²) in [5.74, 6) is -0.176. The van der Waals surface area contributed by atoms with Crippen molar-refractivity contribution in [2.75, 3.05) is 12.4 Å². The Labute approximate surface area is 117 Å². The number of amides is 2. The highest BCUT2D eigenvalue weighted by Gasteiger charge is 2.25. The van der Waals surface area contributed by atoms with Crippen LogP contribution in [0.15, 0.2) is 12.4 Å². The van der Waals surface area contributed by atoms with Crippen LogP contribution in [0.3, 0.4) is 0 Å². The van der Waals surface area contributed by atoms with Crippen LogP contribution in [0.1, 0.15) is 25.7 Å². The molecule has 7 nitrogen and oxygen atoms in total. The molecule has 1 aromatic heterocycles. The molecule has 1 saturated carbocycles. The Balaban J connectivity index is 1.89. The predicted molar refractivity (Wildman–Crippen MR) is 74.9 cm³/mol. The largest absolute Gasteiger partial charge is 0.358 e. The number of carbonyl (C=O) groups excluding carboxylic acids is 2. The maximum atomic E-state index is 12.1. The zero-order valence-corrected chi connectivity index (χ0v) is 11.6. The van der Waals surface area contributed by atoms with E-state index in [4.69, 9.17) is 5.73 Å². The summed E-state index contributed by atoms with van der Waals surface area (Å²) in [6.45, 7) is 0.140. The van der Waals surface area contributed by atoms with E-state index in [1.54, 1.807) is 19.4 Å². The summed E-state index contributed by atoms with van der Waals surface area (Å²) < 4.78 is 1.49. The van der Waals surface area contributed by atoms with Gasteiger partial charge >= 0.3 is 0 Å². The molecule has 2 rings (SSSR count). The molecular weight excluding hydrogens is 258 g/mol. The van der Waals surface area contributed by atoms with Crippen molar-refractivity contribution in [1.82, 2.24) is 15.1 Å². The minimum Gasteiger partial charge on any atom is -0.358 e. The second-order valence-corrected chi connectivity index (χ2v) is 5.21. The lowest BCUT2D eigenvalue weighted by Crippen LogP contribution is -2.34. The first-order valence-corrected chi connectivity index (χ1v) is 6.88. The summed E-state index contributed by atoms with van der Waals surface area (Å²) in [4.78, 5) is 23.3. The molecule has 110 valence electrons. The van der Waals surface area contributed by atoms with Gasteiger partial charge in [-0.2, -0.15) is 5.10 Å². The third-order valence-corrected chi connectivity index (χ3v) is 3.57. The molecule has 0 aromatic carbocycles. The number of carbonyl (C=O) groups is 2. The molecule has 2 unspecified atom stereocenters. The first-order chi connectivity index (χ1) is 9.58. The van der Waals surface area contributed by atoms with Crippen LogP contribution in [0.25, 0.3) is 0 Å². The molecule has 2 amide bonds. The van der Waals surface area contributed by atoms with E-state index in [1.807, 2.05) is 0 Å². The molecule has 1 aliphatic rings. The fourth-order valence-electron chi connectivity index (χ4n) is 2.45. The van der Waals surface area contributed by atoms with Crippen molar-refractivity contribution in [2.24, 2.45) is 11.7 Å². The smallest absolute Gasteiger partial charge is 0.241 e. The van der Waals surface area contributed by atoms with Crippen molar-refractivity contribution in [3.63, 3.8) is 0 Å². The molecule has 20 heavy (non-hydrogen) atoms. The van der Waals surface area contributed by atoms with Gasteiger partial charge in [-0.1, -0.05) is 6.42 Å². The fourth-order valence-corrected chi connectivity index (χ4v) is 2.45. The third kappa shape index (κ3) is 3.80. The van der Waals surface area contributed by atoms with Crippen LogP contribution in [-0.2, 0) is 16.1 Å². The number of hydrogen-bond donors (Lipinski definition) is 3. The number of anilines is 1. The lowest BCUT2D eigenvalue weighted by Gasteiger charge is -2.25. The monoisotopic (exact) mass is 279 g/mol. The van der Waals surface area contributed by atoms with E-state index < -0.39 is 0 Å². The second kappa shape index (κ2) is 6.51. The van der Waals surface area contributed by atoms with Gasteiger partial charge in [-0.3, -0.25) is 14.3 Å². The molecule has 4 N–H and O–H groups in total. The van der Waals surface area contributed by atoms with Crippen LogP contribution in [0.2, 0.25) is 0 Å². The molecule has 1 fully saturated rings. The van der Waals surface area contributed by atoms with E-state index in [0.29, 0.717) is 5.69 Å². The third-order valence-electron chi connectivity index (χ3n) is 3.57. The maximum Gasteiger partial charge on any atom is 0.241 e. The number of nitrogens with one attached hydrogen (secondary N) is 2. The average molecular weight is 279 g/mol. The average Bonchev–Trinajstić information content (AvgIpc) is 2.85. The van der Waals surface area contributed by atoms with Crippen LogP contribution < -0.4 is 16.4 Å². The molecule has 7 heteroatoms. The van der Waals surface area contributed by atoms with Gasteiger partial charge in [-0.25, -0.2) is 0 Å². The molecule has 0 saturated heterocycles. The number of rotatable bonds is 4. The van der Waals surface area contributed by atoms with Crippen LogP contribution in [0, 0.1) is 5.92 Å². The number of nitrogens with zero attached hydrogens (tertiary/aromatic N) is 2. The van der Waals surface area contributed by atoms with Crippen molar-refractivity contribution in [3.8, 4) is 0 Å². The number of nitrogens with two attached hydrogens (primary N) is 1. The number of aromatic nitrogens is 2. The van der Waals surface area contributed by atoms with Crippen molar-refractivity contribution in [1.29, 1.82) is 0 Å². The molecule has 0 aliphatic heterocycles. The van der Waals surface area contributed by atoms with Gasteiger partial charge in [-0.15, -0.1) is 0 Å². The molecule has 1 aromatic rings. The SMILES string of the molecule is CNC(=O)Cn1cc(NC(=O)C2CCCC(N)C2)cn1. The highest BCUT2D eigenvalue weighted by atomic mass is 16.2. The van der Waals surface area contributed by atoms with Gasteiger partial charge in [0, 0.05) is 25.2 Å². The van der Waals surface area contributed by atoms with E-state index in [-0.39, 0.29) is 30.3 Å². The first kappa shape index (κ1) is 14.5. The summed E-state index contributed by atoms with van der Waals surface area (Å²) in [6.07, 6.45) is 6.80. The minimum absolute atomic E-state index is 0.0142. The Morgan fingerprint density at radius 3 is 3.00 bits per heavy atom. The number of likely N-dealkylation sites (N-methyl/N-ethyl adjacent to an activating group) is 1. The Bertz CT molecular complexity index is 485. The minimum atomic E-state index is -0.135. The highest BCUT2D eigenvalue weighted by molar-refractivity contribution is 5.92. The Kier molecular flexibility index (Phi) is 4.73. The second-order valence-electron chi connectivity index (χ2n) is 5.21. The zero-order chi connectivity index (χ0) is 14.5. The van der Waals surface area contributed by atoms with E-state index in [0.717, 1.165) is 25.7 Å². The summed E-state index contributed by atoms with van der Waals surface area (Å²) in [5.41, 5.74) is 6.50. The first-order valence-electron chi connectivity index (χ1n) is 6.88. The van der Waals surface area contributed by atoms with Crippen LogP contribution in [0.4, 0.5) is 5.69 Å². The molecule has 0 bridgehead atoms. The quantitative estimate of drug-likeness (QED) is 0.726. The van der Waals surface area contributed by atoms with Crippen molar-refractivity contribution < 1.29 is 9.59 Å². The van der Waals surface area contributed by atoms with Gasteiger partial charge in [0.25, 0.3) is 0 Å². The lowest BCUT2D eigenvalue weighted by molar-refractivity contribution is -0.121. The van der Waals surface area contributed by atoms with Gasteiger partial charge in [0.2, 0.25) is 11.8 Å². The van der Waals surface area contributed by atoms with E-state index in [2.05, 4.69) is 15.7 Å². The van der Waals surface area contributed by atoms with E-state index >= 15 is 0 Å². The normalized spacial score (nSPS) is 22.3. The topological polar surface area (TPSA) is 102 Å². The fraction of sp³-hybridized carbons (Fsp3) is 0.615. The molecule has 1 heterocycles. The summed E-state index contributed by atoms with van der Waals surface area (Å²) in [6, 6.07) is 0.121. The lowest BCUT2D eigenvalue weighted by atomic mass is 9.85. The summed E-state index contributed by atoms with van der Waals surface area (Å²) in [7, 11) is 1.57. The maximum absolute atomic E-state index is 12.1. The Morgan fingerprint density at radius 2 is 2.30 bits per heavy atom. The molecular formula is C13H21N5O2. The summed E-state index contributed by atoms with van der Waals surface area (Å²) in [5, 5.41) is 9.39. The van der Waals surface area contributed by atoms with Crippen LogP contribution in [-0.4, -0.2) is 34.7 Å². The van der Waals surface area contributed by atoms with Gasteiger partial charge in [0.15, 0.2) is 0 Å². The predicted octanol–water partition coefficient (Wildman–Crippen LogP) is 0.0851. The van der Waals surface area contributed by atoms with Crippen molar-refractivity contribution in [3.05, 3.63) is 12.4 Å². The highest BCUT2D eigenvalue weighted by Crippen LogP contribution is 2.24. The van der Waals surface area contributed by atoms with Crippen LogP contribution >= 0.6 is 0 Å². The summed E-state index contributed by atoms with van der Waals surface area (Å²) >= 11 is 0. The Morgan fingerprint density at radius 1 is 1.50 bits per heavy atom. The van der Waals surface area contributed by atoms with E-state index in [9.17, 15) is 9.59 Å². The molecule has 0 radical (unpaired) electrons. The van der Waals surface area contributed by atoms with Gasteiger partial charge < -0.3 is 16.4 Å². The van der Waals surface area contributed by atoms with Gasteiger partial charge in [0.05, 0.1) is 11.9 Å². The molecule has 1 aliphatic carbocycles. The number of hydrogen-bond acceptors (Lipinski definition) is 4. The standard InChI is InChI=1S/C13H21N5O2/c1-15-12(19)8-18-7-11(6-16-18)17-13(20)9-3-2-4-10(14)5-9/h6-7,9-10H,2-5,8,14H2,1H3,(H,15,19)(H,17,20). The van der Waals surface area contributed by atoms with Crippen molar-refractivity contribution >= 4 is 17.5 Å². The van der Waals surface area contributed by atoms with E-state index in [1.165, 1.54) is 4.68 Å². The van der Waals surface area contributed by atoms with Gasteiger partial charge in [0.1, 0.15) is 6.54 Å².